The topological polar surface area (TPSA) is 86.6 Å². The Morgan fingerprint density at radius 3 is 2.43 bits per heavy atom. The first-order chi connectivity index (χ1) is 6.61. The minimum atomic E-state index is -1.50. The summed E-state index contributed by atoms with van der Waals surface area (Å²) < 4.78 is 0. The van der Waals surface area contributed by atoms with Crippen molar-refractivity contribution >= 4 is 11.9 Å². The molecule has 0 aliphatic heterocycles. The molecule has 0 aromatic heterocycles. The Bertz CT molecular complexity index is 223. The van der Waals surface area contributed by atoms with Crippen molar-refractivity contribution in [3.8, 4) is 0 Å². The second-order valence-electron chi connectivity index (χ2n) is 3.58. The highest BCUT2D eigenvalue weighted by Gasteiger charge is 2.23. The van der Waals surface area contributed by atoms with E-state index < -0.39 is 12.1 Å². The van der Waals surface area contributed by atoms with Gasteiger partial charge < -0.3 is 15.5 Å². The quantitative estimate of drug-likeness (QED) is 0.584. The molecule has 1 rings (SSSR count). The molecule has 1 unspecified atom stereocenters. The van der Waals surface area contributed by atoms with Crippen LogP contribution in [0.25, 0.3) is 0 Å². The summed E-state index contributed by atoms with van der Waals surface area (Å²) in [6.45, 7) is -0.204. The number of hydrogen-bond donors (Lipinski definition) is 3. The molecule has 5 nitrogen and oxygen atoms in total. The Morgan fingerprint density at radius 1 is 1.36 bits per heavy atom. The van der Waals surface area contributed by atoms with Gasteiger partial charge in [-0.15, -0.1) is 0 Å². The molecule has 0 bridgehead atoms. The maximum Gasteiger partial charge on any atom is 0.334 e. The van der Waals surface area contributed by atoms with E-state index in [1.807, 2.05) is 0 Å². The number of aliphatic hydroxyl groups is 1. The van der Waals surface area contributed by atoms with E-state index in [1.54, 1.807) is 0 Å². The van der Waals surface area contributed by atoms with Crippen molar-refractivity contribution in [3.63, 3.8) is 0 Å². The molecule has 5 heteroatoms. The summed E-state index contributed by atoms with van der Waals surface area (Å²) in [5.41, 5.74) is 0. The molecule has 0 aromatic rings. The molecule has 0 spiro atoms. The highest BCUT2D eigenvalue weighted by atomic mass is 16.4. The third-order valence-electron chi connectivity index (χ3n) is 2.48. The summed E-state index contributed by atoms with van der Waals surface area (Å²) in [6.07, 6.45) is 2.35. The molecular weight excluding hydrogens is 186 g/mol. The summed E-state index contributed by atoms with van der Waals surface area (Å²) in [5, 5.41) is 19.7. The van der Waals surface area contributed by atoms with E-state index in [0.717, 1.165) is 25.7 Å². The molecule has 1 saturated carbocycles. The monoisotopic (exact) mass is 201 g/mol. The number of amides is 1. The second-order valence-corrected chi connectivity index (χ2v) is 3.58. The lowest BCUT2D eigenvalue weighted by Gasteiger charge is -2.11. The van der Waals surface area contributed by atoms with Gasteiger partial charge in [0.2, 0.25) is 5.91 Å². The number of carboxylic acid groups (broad SMARTS) is 1. The third-order valence-corrected chi connectivity index (χ3v) is 2.48. The highest BCUT2D eigenvalue weighted by Crippen LogP contribution is 2.24. The molecule has 1 aliphatic carbocycles. The predicted octanol–water partition coefficient (Wildman–Crippen LogP) is -0.262. The van der Waals surface area contributed by atoms with Gasteiger partial charge in [0.1, 0.15) is 0 Å². The fourth-order valence-electron chi connectivity index (χ4n) is 1.62. The molecule has 3 N–H and O–H groups in total. The zero-order valence-electron chi connectivity index (χ0n) is 7.90. The predicted molar refractivity (Wildman–Crippen MR) is 48.6 cm³/mol. The summed E-state index contributed by atoms with van der Waals surface area (Å²) in [7, 11) is 0. The number of carbonyl (C=O) groups excluding carboxylic acids is 1. The van der Waals surface area contributed by atoms with Crippen LogP contribution in [0.1, 0.15) is 25.7 Å². The van der Waals surface area contributed by atoms with E-state index in [2.05, 4.69) is 5.32 Å². The first kappa shape index (κ1) is 11.0. The number of rotatable bonds is 4. The Kier molecular flexibility index (Phi) is 3.88. The maximum atomic E-state index is 11.4. The van der Waals surface area contributed by atoms with Crippen LogP contribution in [0.2, 0.25) is 0 Å². The standard InChI is InChI=1S/C9H15NO4/c11-7(9(13)14)5-10-8(12)6-3-1-2-4-6/h6-7,11H,1-5H2,(H,10,12)(H,13,14). The minimum Gasteiger partial charge on any atom is -0.479 e. The van der Waals surface area contributed by atoms with Crippen LogP contribution in [-0.2, 0) is 9.59 Å². The van der Waals surface area contributed by atoms with E-state index in [0.29, 0.717) is 0 Å². The smallest absolute Gasteiger partial charge is 0.334 e. The van der Waals surface area contributed by atoms with Crippen LogP contribution in [0.4, 0.5) is 0 Å². The van der Waals surface area contributed by atoms with Crippen molar-refractivity contribution in [2.75, 3.05) is 6.54 Å². The lowest BCUT2D eigenvalue weighted by atomic mass is 10.1. The summed E-state index contributed by atoms with van der Waals surface area (Å²) >= 11 is 0. The fourth-order valence-corrected chi connectivity index (χ4v) is 1.62. The van der Waals surface area contributed by atoms with Gasteiger partial charge in [-0.3, -0.25) is 4.79 Å². The summed E-state index contributed by atoms with van der Waals surface area (Å²) in [4.78, 5) is 21.6. The number of aliphatic carboxylic acids is 1. The minimum absolute atomic E-state index is 0.0102. The average molecular weight is 201 g/mol. The Labute approximate surface area is 82.1 Å². The molecule has 0 radical (unpaired) electrons. The summed E-state index contributed by atoms with van der Waals surface area (Å²) in [5.74, 6) is -1.43. The van der Waals surface area contributed by atoms with Gasteiger partial charge in [-0.1, -0.05) is 12.8 Å². The van der Waals surface area contributed by atoms with Gasteiger partial charge >= 0.3 is 5.97 Å². The lowest BCUT2D eigenvalue weighted by Crippen LogP contribution is -2.38. The van der Waals surface area contributed by atoms with Gasteiger partial charge in [0.15, 0.2) is 6.10 Å². The van der Waals surface area contributed by atoms with E-state index in [1.165, 1.54) is 0 Å². The van der Waals surface area contributed by atoms with Crippen molar-refractivity contribution < 1.29 is 19.8 Å². The van der Waals surface area contributed by atoms with Crippen LogP contribution >= 0.6 is 0 Å². The Hall–Kier alpha value is -1.10. The summed E-state index contributed by atoms with van der Waals surface area (Å²) in [6, 6.07) is 0. The number of hydrogen-bond acceptors (Lipinski definition) is 3. The number of carboxylic acids is 1. The first-order valence-corrected chi connectivity index (χ1v) is 4.80. The molecule has 0 saturated heterocycles. The Balaban J connectivity index is 2.23. The van der Waals surface area contributed by atoms with Crippen LogP contribution in [0, 0.1) is 5.92 Å². The highest BCUT2D eigenvalue weighted by molar-refractivity contribution is 5.80. The molecule has 0 heterocycles. The van der Waals surface area contributed by atoms with Gasteiger partial charge in [0.25, 0.3) is 0 Å². The average Bonchev–Trinajstić information content (AvgIpc) is 2.66. The van der Waals surface area contributed by atoms with E-state index >= 15 is 0 Å². The largest absolute Gasteiger partial charge is 0.479 e. The SMILES string of the molecule is O=C(O)C(O)CNC(=O)C1CCCC1. The van der Waals surface area contributed by atoms with Crippen LogP contribution < -0.4 is 5.32 Å². The number of nitrogens with one attached hydrogen (secondary N) is 1. The van der Waals surface area contributed by atoms with Gasteiger partial charge in [-0.05, 0) is 12.8 Å². The molecular formula is C9H15NO4. The number of aliphatic hydroxyl groups excluding tert-OH is 1. The van der Waals surface area contributed by atoms with Gasteiger partial charge in [-0.2, -0.15) is 0 Å². The maximum absolute atomic E-state index is 11.4. The van der Waals surface area contributed by atoms with Gasteiger partial charge in [-0.25, -0.2) is 4.79 Å². The molecule has 1 aliphatic rings. The third kappa shape index (κ3) is 2.99. The van der Waals surface area contributed by atoms with Gasteiger partial charge in [0.05, 0.1) is 6.54 Å². The van der Waals surface area contributed by atoms with Crippen molar-refractivity contribution in [2.24, 2.45) is 5.92 Å². The molecule has 0 aromatic carbocycles. The molecule has 14 heavy (non-hydrogen) atoms. The lowest BCUT2D eigenvalue weighted by molar-refractivity contribution is -0.146. The van der Waals surface area contributed by atoms with E-state index in [4.69, 9.17) is 10.2 Å². The van der Waals surface area contributed by atoms with Crippen molar-refractivity contribution in [2.45, 2.75) is 31.8 Å². The number of carbonyl (C=O) groups is 2. The Morgan fingerprint density at radius 2 is 1.93 bits per heavy atom. The molecule has 80 valence electrons. The zero-order chi connectivity index (χ0) is 10.6. The molecule has 1 atom stereocenters. The van der Waals surface area contributed by atoms with Crippen LogP contribution in [-0.4, -0.2) is 34.7 Å². The first-order valence-electron chi connectivity index (χ1n) is 4.80. The molecule has 1 fully saturated rings. The fraction of sp³-hybridized carbons (Fsp3) is 0.778. The van der Waals surface area contributed by atoms with Crippen molar-refractivity contribution in [3.05, 3.63) is 0 Å². The second kappa shape index (κ2) is 4.95. The van der Waals surface area contributed by atoms with Crippen LogP contribution in [0.5, 0.6) is 0 Å². The van der Waals surface area contributed by atoms with Crippen LogP contribution in [0.15, 0.2) is 0 Å². The van der Waals surface area contributed by atoms with Gasteiger partial charge in [0, 0.05) is 5.92 Å². The van der Waals surface area contributed by atoms with E-state index in [9.17, 15) is 9.59 Å². The van der Waals surface area contributed by atoms with E-state index in [-0.39, 0.29) is 18.4 Å². The van der Waals surface area contributed by atoms with Crippen LogP contribution in [0.3, 0.4) is 0 Å². The molecule has 1 amide bonds. The van der Waals surface area contributed by atoms with Crippen molar-refractivity contribution in [1.29, 1.82) is 0 Å². The zero-order valence-corrected chi connectivity index (χ0v) is 7.90. The van der Waals surface area contributed by atoms with Crippen molar-refractivity contribution in [1.82, 2.24) is 5.32 Å². The normalized spacial score (nSPS) is 19.2.